The molecule has 0 atom stereocenters. The third-order valence-electron chi connectivity index (χ3n) is 4.56. The van der Waals surface area contributed by atoms with Crippen LogP contribution in [0.3, 0.4) is 0 Å². The average molecular weight is 439 g/mol. The lowest BCUT2D eigenvalue weighted by Gasteiger charge is -2.11. The Bertz CT molecular complexity index is 1130. The van der Waals surface area contributed by atoms with Crippen molar-refractivity contribution in [1.82, 2.24) is 15.2 Å². The molecule has 3 rings (SSSR count). The molecular formula is C21H22N6O3S. The van der Waals surface area contributed by atoms with Crippen LogP contribution in [0.1, 0.15) is 22.5 Å². The maximum absolute atomic E-state index is 11.3. The van der Waals surface area contributed by atoms with Crippen molar-refractivity contribution < 1.29 is 9.66 Å². The SMILES string of the molecule is COc1ccc(/C=N\NC(=S)Nc2ccccc2)cc1Cn1nc(C)c([N+](=O)[O-])c1C. The van der Waals surface area contributed by atoms with E-state index in [1.807, 2.05) is 48.5 Å². The van der Waals surface area contributed by atoms with Crippen molar-refractivity contribution >= 4 is 34.9 Å². The number of nitrogens with one attached hydrogen (secondary N) is 2. The fourth-order valence-corrected chi connectivity index (χ4v) is 3.29. The third-order valence-corrected chi connectivity index (χ3v) is 4.76. The molecule has 1 heterocycles. The molecule has 31 heavy (non-hydrogen) atoms. The lowest BCUT2D eigenvalue weighted by atomic mass is 10.1. The number of rotatable bonds is 7. The second-order valence-corrected chi connectivity index (χ2v) is 7.10. The maximum atomic E-state index is 11.3. The van der Waals surface area contributed by atoms with E-state index >= 15 is 0 Å². The number of methoxy groups -OCH3 is 1. The van der Waals surface area contributed by atoms with Gasteiger partial charge in [0.05, 0.1) is 24.8 Å². The number of thiocarbonyl (C=S) groups is 1. The molecule has 0 fully saturated rings. The predicted octanol–water partition coefficient (Wildman–Crippen LogP) is 3.79. The van der Waals surface area contributed by atoms with Crippen molar-refractivity contribution in [1.29, 1.82) is 0 Å². The van der Waals surface area contributed by atoms with Crippen LogP contribution in [0.2, 0.25) is 0 Å². The maximum Gasteiger partial charge on any atom is 0.312 e. The molecule has 0 saturated heterocycles. The van der Waals surface area contributed by atoms with Crippen LogP contribution in [0.4, 0.5) is 11.4 Å². The Labute approximate surface area is 184 Å². The van der Waals surface area contributed by atoms with Crippen molar-refractivity contribution in [2.45, 2.75) is 20.4 Å². The van der Waals surface area contributed by atoms with E-state index < -0.39 is 4.92 Å². The second-order valence-electron chi connectivity index (χ2n) is 6.70. The molecule has 1 aromatic heterocycles. The molecule has 9 nitrogen and oxygen atoms in total. The summed E-state index contributed by atoms with van der Waals surface area (Å²) in [4.78, 5) is 10.9. The Morgan fingerprint density at radius 3 is 2.68 bits per heavy atom. The van der Waals surface area contributed by atoms with E-state index in [0.29, 0.717) is 28.8 Å². The zero-order chi connectivity index (χ0) is 22.4. The Hall–Kier alpha value is -3.79. The molecule has 10 heteroatoms. The molecule has 0 aliphatic heterocycles. The monoisotopic (exact) mass is 438 g/mol. The van der Waals surface area contributed by atoms with Gasteiger partial charge in [0.25, 0.3) is 0 Å². The van der Waals surface area contributed by atoms with Gasteiger partial charge in [-0.2, -0.15) is 10.2 Å². The highest BCUT2D eigenvalue weighted by Crippen LogP contribution is 2.25. The number of hydrogen-bond acceptors (Lipinski definition) is 6. The lowest BCUT2D eigenvalue weighted by Crippen LogP contribution is -2.23. The van der Waals surface area contributed by atoms with Crippen molar-refractivity contribution in [2.75, 3.05) is 12.4 Å². The summed E-state index contributed by atoms with van der Waals surface area (Å²) < 4.78 is 7.04. The van der Waals surface area contributed by atoms with Gasteiger partial charge in [-0.05, 0) is 62.0 Å². The predicted molar refractivity (Wildman–Crippen MR) is 124 cm³/mol. The highest BCUT2D eigenvalue weighted by molar-refractivity contribution is 7.80. The molecule has 0 bridgehead atoms. The summed E-state index contributed by atoms with van der Waals surface area (Å²) in [6, 6.07) is 15.1. The van der Waals surface area contributed by atoms with Gasteiger partial charge in [0.15, 0.2) is 5.11 Å². The fraction of sp³-hybridized carbons (Fsp3) is 0.190. The van der Waals surface area contributed by atoms with Gasteiger partial charge in [-0.1, -0.05) is 18.2 Å². The summed E-state index contributed by atoms with van der Waals surface area (Å²) in [5.41, 5.74) is 6.16. The summed E-state index contributed by atoms with van der Waals surface area (Å²) in [7, 11) is 1.57. The average Bonchev–Trinajstić information content (AvgIpc) is 3.02. The van der Waals surface area contributed by atoms with Gasteiger partial charge in [-0.3, -0.25) is 20.2 Å². The molecule has 160 valence electrons. The Balaban J connectivity index is 1.73. The first-order valence-electron chi connectivity index (χ1n) is 9.39. The molecule has 2 aromatic carbocycles. The second kappa shape index (κ2) is 9.81. The molecule has 0 aliphatic rings. The van der Waals surface area contributed by atoms with E-state index in [-0.39, 0.29) is 5.69 Å². The number of nitrogens with zero attached hydrogens (tertiary/aromatic N) is 4. The largest absolute Gasteiger partial charge is 0.496 e. The van der Waals surface area contributed by atoms with Gasteiger partial charge < -0.3 is 10.1 Å². The van der Waals surface area contributed by atoms with Crippen molar-refractivity contribution in [3.05, 3.63) is 81.2 Å². The Kier molecular flexibility index (Phi) is 6.93. The highest BCUT2D eigenvalue weighted by atomic mass is 32.1. The molecule has 0 unspecified atom stereocenters. The van der Waals surface area contributed by atoms with Gasteiger partial charge in [0, 0.05) is 11.3 Å². The summed E-state index contributed by atoms with van der Waals surface area (Å²) in [6.45, 7) is 3.63. The number of ether oxygens (including phenoxy) is 1. The number of aryl methyl sites for hydroxylation is 1. The van der Waals surface area contributed by atoms with Crippen molar-refractivity contribution in [3.8, 4) is 5.75 Å². The normalized spacial score (nSPS) is 10.8. The third kappa shape index (κ3) is 5.43. The Morgan fingerprint density at radius 2 is 2.03 bits per heavy atom. The first-order chi connectivity index (χ1) is 14.9. The molecular weight excluding hydrogens is 416 g/mol. The number of benzene rings is 2. The standard InChI is InChI=1S/C21H22N6O3S/c1-14-20(27(28)29)15(2)26(25-14)13-17-11-16(9-10-19(17)30-3)12-22-24-21(31)23-18-7-5-4-6-8-18/h4-12H,13H2,1-3H3,(H2,23,24,31)/b22-12-. The molecule has 0 spiro atoms. The number of para-hydroxylation sites is 1. The van der Waals surface area contributed by atoms with Crippen LogP contribution in [0, 0.1) is 24.0 Å². The first kappa shape index (κ1) is 21.9. The van der Waals surface area contributed by atoms with Gasteiger partial charge in [-0.15, -0.1) is 0 Å². The smallest absolute Gasteiger partial charge is 0.312 e. The van der Waals surface area contributed by atoms with Gasteiger partial charge in [0.1, 0.15) is 17.1 Å². The van der Waals surface area contributed by atoms with Crippen LogP contribution >= 0.6 is 12.2 Å². The summed E-state index contributed by atoms with van der Waals surface area (Å²) in [5.74, 6) is 0.654. The van der Waals surface area contributed by atoms with E-state index in [4.69, 9.17) is 17.0 Å². The fourth-order valence-electron chi connectivity index (χ4n) is 3.12. The van der Waals surface area contributed by atoms with Crippen LogP contribution in [0.25, 0.3) is 0 Å². The number of aromatic nitrogens is 2. The molecule has 0 saturated carbocycles. The number of nitro groups is 1. The van der Waals surface area contributed by atoms with E-state index in [1.54, 1.807) is 31.9 Å². The number of anilines is 1. The minimum atomic E-state index is -0.410. The van der Waals surface area contributed by atoms with Gasteiger partial charge in [-0.25, -0.2) is 0 Å². The molecule has 0 radical (unpaired) electrons. The molecule has 2 N–H and O–H groups in total. The summed E-state index contributed by atoms with van der Waals surface area (Å²) in [6.07, 6.45) is 1.63. The summed E-state index contributed by atoms with van der Waals surface area (Å²) in [5, 5.41) is 23.1. The minimum Gasteiger partial charge on any atom is -0.496 e. The van der Waals surface area contributed by atoms with E-state index in [9.17, 15) is 10.1 Å². The van der Waals surface area contributed by atoms with Gasteiger partial charge in [0.2, 0.25) is 0 Å². The van der Waals surface area contributed by atoms with E-state index in [2.05, 4.69) is 20.9 Å². The molecule has 0 aliphatic carbocycles. The van der Waals surface area contributed by atoms with E-state index in [1.165, 1.54) is 0 Å². The summed E-state index contributed by atoms with van der Waals surface area (Å²) >= 11 is 5.23. The lowest BCUT2D eigenvalue weighted by molar-refractivity contribution is -0.386. The quantitative estimate of drug-likeness (QED) is 0.250. The van der Waals surface area contributed by atoms with Crippen LogP contribution in [0.15, 0.2) is 53.6 Å². The van der Waals surface area contributed by atoms with Crippen LogP contribution < -0.4 is 15.5 Å². The van der Waals surface area contributed by atoms with Crippen molar-refractivity contribution in [2.24, 2.45) is 5.10 Å². The van der Waals surface area contributed by atoms with Crippen LogP contribution in [0.5, 0.6) is 5.75 Å². The van der Waals surface area contributed by atoms with Crippen LogP contribution in [-0.4, -0.2) is 33.1 Å². The zero-order valence-corrected chi connectivity index (χ0v) is 18.1. The van der Waals surface area contributed by atoms with Crippen LogP contribution in [-0.2, 0) is 6.54 Å². The Morgan fingerprint density at radius 1 is 1.29 bits per heavy atom. The van der Waals surface area contributed by atoms with Crippen molar-refractivity contribution in [3.63, 3.8) is 0 Å². The number of hydrazone groups is 1. The molecule has 0 amide bonds. The highest BCUT2D eigenvalue weighted by Gasteiger charge is 2.22. The zero-order valence-electron chi connectivity index (χ0n) is 17.3. The van der Waals surface area contributed by atoms with E-state index in [0.717, 1.165) is 16.8 Å². The first-order valence-corrected chi connectivity index (χ1v) is 9.80. The van der Waals surface area contributed by atoms with Gasteiger partial charge >= 0.3 is 5.69 Å². The number of hydrogen-bond donors (Lipinski definition) is 2. The minimum absolute atomic E-state index is 0.0281. The topological polar surface area (TPSA) is 107 Å². The molecule has 3 aromatic rings.